The van der Waals surface area contributed by atoms with Crippen molar-refractivity contribution in [2.24, 2.45) is 5.84 Å². The average Bonchev–Trinajstić information content (AvgIpc) is 3.08. The molecule has 1 fully saturated rings. The summed E-state index contributed by atoms with van der Waals surface area (Å²) >= 11 is 1.65. The fraction of sp³-hybridized carbons (Fsp3) is 0.615. The minimum absolute atomic E-state index is 0.127. The second kappa shape index (κ2) is 6.69. The monoisotopic (exact) mass is 355 g/mol. The van der Waals surface area contributed by atoms with Crippen LogP contribution in [0.3, 0.4) is 0 Å². The van der Waals surface area contributed by atoms with Gasteiger partial charge in [0.2, 0.25) is 5.95 Å². The maximum atomic E-state index is 10.4. The first kappa shape index (κ1) is 17.2. The van der Waals surface area contributed by atoms with Gasteiger partial charge in [0.15, 0.2) is 17.7 Å². The number of rotatable bonds is 5. The molecular formula is C13H21N7O3S. The standard InChI is InChI=1S/C13H21N7O3S/c1-5(2)24-3-6-8(21)9(22)12(23-6)20-4-16-7-10(14)17-13(19-15)18-11(7)20/h4-6,8-9,12,21-22H,3,15H2,1-2H3,(H3,14,17,18,19)/t6-,8-,9-,12-/m1/s1. The summed E-state index contributed by atoms with van der Waals surface area (Å²) in [7, 11) is 0. The Morgan fingerprint density at radius 3 is 2.79 bits per heavy atom. The van der Waals surface area contributed by atoms with Crippen LogP contribution in [0.5, 0.6) is 0 Å². The molecule has 1 aliphatic heterocycles. The zero-order valence-electron chi connectivity index (χ0n) is 13.3. The van der Waals surface area contributed by atoms with Gasteiger partial charge >= 0.3 is 0 Å². The van der Waals surface area contributed by atoms with Crippen LogP contribution >= 0.6 is 11.8 Å². The molecule has 4 atom stereocenters. The summed E-state index contributed by atoms with van der Waals surface area (Å²) in [6, 6.07) is 0. The summed E-state index contributed by atoms with van der Waals surface area (Å²) in [6.45, 7) is 4.12. The van der Waals surface area contributed by atoms with Crippen molar-refractivity contribution in [3.63, 3.8) is 0 Å². The summed E-state index contributed by atoms with van der Waals surface area (Å²) in [5, 5.41) is 21.0. The van der Waals surface area contributed by atoms with Crippen molar-refractivity contribution in [1.29, 1.82) is 0 Å². The molecule has 0 unspecified atom stereocenters. The van der Waals surface area contributed by atoms with E-state index in [4.69, 9.17) is 16.3 Å². The lowest BCUT2D eigenvalue weighted by Gasteiger charge is -2.17. The number of hydrogen-bond donors (Lipinski definition) is 5. The zero-order valence-corrected chi connectivity index (χ0v) is 14.1. The first-order valence-corrected chi connectivity index (χ1v) is 8.57. The number of nitrogen functional groups attached to an aromatic ring is 2. The van der Waals surface area contributed by atoms with E-state index in [-0.39, 0.29) is 11.8 Å². The van der Waals surface area contributed by atoms with Crippen LogP contribution in [0.1, 0.15) is 20.1 Å². The minimum Gasteiger partial charge on any atom is -0.387 e. The van der Waals surface area contributed by atoms with Crippen LogP contribution in [0, 0.1) is 0 Å². The van der Waals surface area contributed by atoms with Gasteiger partial charge < -0.3 is 20.7 Å². The predicted molar refractivity (Wildman–Crippen MR) is 91.1 cm³/mol. The Kier molecular flexibility index (Phi) is 4.78. The highest BCUT2D eigenvalue weighted by atomic mass is 32.2. The molecule has 3 heterocycles. The van der Waals surface area contributed by atoms with Crippen molar-refractivity contribution < 1.29 is 14.9 Å². The van der Waals surface area contributed by atoms with Crippen LogP contribution in [0.2, 0.25) is 0 Å². The summed E-state index contributed by atoms with van der Waals surface area (Å²) in [6.07, 6.45) is -1.95. The van der Waals surface area contributed by atoms with E-state index in [1.54, 1.807) is 11.8 Å². The van der Waals surface area contributed by atoms with Gasteiger partial charge in [-0.05, 0) is 5.25 Å². The van der Waals surface area contributed by atoms with Crippen molar-refractivity contribution in [2.75, 3.05) is 16.9 Å². The molecule has 0 radical (unpaired) electrons. The normalized spacial score (nSPS) is 27.2. The van der Waals surface area contributed by atoms with Gasteiger partial charge in [-0.2, -0.15) is 21.7 Å². The Hall–Kier alpha value is -1.66. The van der Waals surface area contributed by atoms with E-state index in [1.165, 1.54) is 10.9 Å². The third kappa shape index (κ3) is 3.00. The molecule has 132 valence electrons. The smallest absolute Gasteiger partial charge is 0.241 e. The molecule has 0 bridgehead atoms. The van der Waals surface area contributed by atoms with Gasteiger partial charge in [0.1, 0.15) is 17.7 Å². The SMILES string of the molecule is CC(C)SC[C@H]1O[C@@H](n2cnc3c(N)nc(NN)nc32)[C@H](O)[C@@H]1O. The Balaban J connectivity index is 1.91. The second-order valence-electron chi connectivity index (χ2n) is 5.83. The Morgan fingerprint density at radius 2 is 2.12 bits per heavy atom. The fourth-order valence-electron chi connectivity index (χ4n) is 2.57. The van der Waals surface area contributed by atoms with E-state index in [0.717, 1.165) is 0 Å². The van der Waals surface area contributed by atoms with E-state index in [2.05, 4.69) is 34.2 Å². The highest BCUT2D eigenvalue weighted by Crippen LogP contribution is 2.34. The summed E-state index contributed by atoms with van der Waals surface area (Å²) in [5.74, 6) is 6.20. The zero-order chi connectivity index (χ0) is 17.4. The van der Waals surface area contributed by atoms with Crippen molar-refractivity contribution in [3.05, 3.63) is 6.33 Å². The Bertz CT molecular complexity index is 725. The highest BCUT2D eigenvalue weighted by molar-refractivity contribution is 7.99. The summed E-state index contributed by atoms with van der Waals surface area (Å²) < 4.78 is 7.38. The quantitative estimate of drug-likeness (QED) is 0.348. The van der Waals surface area contributed by atoms with Crippen molar-refractivity contribution >= 4 is 34.7 Å². The average molecular weight is 355 g/mol. The number of aliphatic hydroxyl groups excluding tert-OH is 2. The number of fused-ring (bicyclic) bond motifs is 1. The van der Waals surface area contributed by atoms with E-state index >= 15 is 0 Å². The molecule has 24 heavy (non-hydrogen) atoms. The highest BCUT2D eigenvalue weighted by Gasteiger charge is 2.44. The van der Waals surface area contributed by atoms with Crippen LogP contribution in [0.15, 0.2) is 6.33 Å². The molecule has 7 N–H and O–H groups in total. The largest absolute Gasteiger partial charge is 0.387 e. The molecule has 0 saturated carbocycles. The van der Waals surface area contributed by atoms with Crippen molar-refractivity contribution in [1.82, 2.24) is 19.5 Å². The van der Waals surface area contributed by atoms with E-state index in [1.807, 2.05) is 0 Å². The number of aromatic nitrogens is 4. The van der Waals surface area contributed by atoms with Gasteiger partial charge in [-0.1, -0.05) is 13.8 Å². The molecule has 0 amide bonds. The number of ether oxygens (including phenoxy) is 1. The molecular weight excluding hydrogens is 334 g/mol. The van der Waals surface area contributed by atoms with Gasteiger partial charge in [0.25, 0.3) is 0 Å². The van der Waals surface area contributed by atoms with Crippen LogP contribution < -0.4 is 17.0 Å². The van der Waals surface area contributed by atoms with E-state index in [0.29, 0.717) is 22.2 Å². The van der Waals surface area contributed by atoms with Gasteiger partial charge in [0.05, 0.1) is 12.4 Å². The molecule has 2 aromatic rings. The number of thioether (sulfide) groups is 1. The van der Waals surface area contributed by atoms with Crippen LogP contribution in [0.4, 0.5) is 11.8 Å². The minimum atomic E-state index is -1.11. The molecule has 2 aromatic heterocycles. The first-order chi connectivity index (χ1) is 11.4. The molecule has 1 saturated heterocycles. The number of aliphatic hydroxyl groups is 2. The number of hydrazine groups is 1. The van der Waals surface area contributed by atoms with Gasteiger partial charge in [-0.15, -0.1) is 0 Å². The first-order valence-electron chi connectivity index (χ1n) is 7.52. The molecule has 0 aromatic carbocycles. The number of nitrogens with one attached hydrogen (secondary N) is 1. The summed E-state index contributed by atoms with van der Waals surface area (Å²) in [4.78, 5) is 12.3. The van der Waals surface area contributed by atoms with E-state index < -0.39 is 24.5 Å². The van der Waals surface area contributed by atoms with Crippen LogP contribution in [-0.4, -0.2) is 59.0 Å². The van der Waals surface area contributed by atoms with Crippen molar-refractivity contribution in [2.45, 2.75) is 43.6 Å². The van der Waals surface area contributed by atoms with Crippen molar-refractivity contribution in [3.8, 4) is 0 Å². The molecule has 3 rings (SSSR count). The predicted octanol–water partition coefficient (Wildman–Crippen LogP) is -0.545. The second-order valence-corrected chi connectivity index (χ2v) is 7.44. The number of imidazole rings is 1. The summed E-state index contributed by atoms with van der Waals surface area (Å²) in [5.41, 5.74) is 8.91. The lowest BCUT2D eigenvalue weighted by Crippen LogP contribution is -2.32. The third-order valence-electron chi connectivity index (χ3n) is 3.78. The number of anilines is 2. The van der Waals surface area contributed by atoms with E-state index in [9.17, 15) is 10.2 Å². The number of hydrogen-bond acceptors (Lipinski definition) is 10. The third-order valence-corrected chi connectivity index (χ3v) is 4.97. The molecule has 0 aliphatic carbocycles. The molecule has 10 nitrogen and oxygen atoms in total. The number of nitrogens with zero attached hydrogens (tertiary/aromatic N) is 4. The fourth-order valence-corrected chi connectivity index (χ4v) is 3.42. The molecule has 11 heteroatoms. The van der Waals surface area contributed by atoms with Crippen LogP contribution in [-0.2, 0) is 4.74 Å². The molecule has 0 spiro atoms. The van der Waals surface area contributed by atoms with Gasteiger partial charge in [-0.25, -0.2) is 10.8 Å². The lowest BCUT2D eigenvalue weighted by atomic mass is 10.1. The lowest BCUT2D eigenvalue weighted by molar-refractivity contribution is -0.0289. The van der Waals surface area contributed by atoms with Gasteiger partial charge in [0, 0.05) is 5.75 Å². The Labute approximate surface area is 142 Å². The van der Waals surface area contributed by atoms with Crippen LogP contribution in [0.25, 0.3) is 11.2 Å². The maximum absolute atomic E-state index is 10.4. The molecule has 1 aliphatic rings. The maximum Gasteiger partial charge on any atom is 0.241 e. The topological polar surface area (TPSA) is 157 Å². The number of nitrogens with two attached hydrogens (primary N) is 2. The van der Waals surface area contributed by atoms with Gasteiger partial charge in [-0.3, -0.25) is 9.99 Å². The Morgan fingerprint density at radius 1 is 1.38 bits per heavy atom.